The quantitative estimate of drug-likeness (QED) is 0.830. The van der Waals surface area contributed by atoms with Crippen molar-refractivity contribution in [1.82, 2.24) is 4.98 Å². The van der Waals surface area contributed by atoms with Crippen molar-refractivity contribution in [2.45, 2.75) is 6.61 Å². The predicted molar refractivity (Wildman–Crippen MR) is 75.0 cm³/mol. The maximum absolute atomic E-state index is 9.10. The lowest BCUT2D eigenvalue weighted by molar-refractivity contribution is 0.281. The van der Waals surface area contributed by atoms with Crippen molar-refractivity contribution < 1.29 is 5.11 Å². The van der Waals surface area contributed by atoms with E-state index in [2.05, 4.69) is 4.98 Å². The number of aromatic nitrogens is 1. The molecular formula is C12H9Cl3N2O. The average molecular weight is 304 g/mol. The van der Waals surface area contributed by atoms with Crippen LogP contribution in [0.2, 0.25) is 15.1 Å². The zero-order chi connectivity index (χ0) is 13.3. The van der Waals surface area contributed by atoms with E-state index in [0.29, 0.717) is 37.6 Å². The number of rotatable bonds is 2. The standard InChI is InChI=1S/C12H9Cl3N2O/c13-9-2-7(3-10(14)11(9)15)8-1-6(5-18)4-17-12(8)16/h1-4,18H,5H2,(H2,16,17). The van der Waals surface area contributed by atoms with E-state index in [1.807, 2.05) is 0 Å². The van der Waals surface area contributed by atoms with Crippen LogP contribution in [0, 0.1) is 0 Å². The van der Waals surface area contributed by atoms with Crippen LogP contribution in [0.1, 0.15) is 5.56 Å². The fourth-order valence-corrected chi connectivity index (χ4v) is 2.14. The minimum atomic E-state index is -0.116. The highest BCUT2D eigenvalue weighted by molar-refractivity contribution is 6.48. The van der Waals surface area contributed by atoms with Gasteiger partial charge in [-0.2, -0.15) is 0 Å². The van der Waals surface area contributed by atoms with E-state index in [0.717, 1.165) is 0 Å². The van der Waals surface area contributed by atoms with E-state index in [-0.39, 0.29) is 6.61 Å². The predicted octanol–water partition coefficient (Wildman–Crippen LogP) is 3.78. The van der Waals surface area contributed by atoms with Crippen LogP contribution in [-0.4, -0.2) is 10.1 Å². The Balaban J connectivity index is 2.61. The van der Waals surface area contributed by atoms with Crippen LogP contribution >= 0.6 is 34.8 Å². The summed E-state index contributed by atoms with van der Waals surface area (Å²) < 4.78 is 0. The highest BCUT2D eigenvalue weighted by atomic mass is 35.5. The molecule has 6 heteroatoms. The van der Waals surface area contributed by atoms with Crippen molar-refractivity contribution in [3.63, 3.8) is 0 Å². The van der Waals surface area contributed by atoms with Gasteiger partial charge in [-0.1, -0.05) is 34.8 Å². The van der Waals surface area contributed by atoms with E-state index in [9.17, 15) is 0 Å². The van der Waals surface area contributed by atoms with Gasteiger partial charge in [0.1, 0.15) is 5.82 Å². The molecule has 1 heterocycles. The zero-order valence-electron chi connectivity index (χ0n) is 9.12. The van der Waals surface area contributed by atoms with Gasteiger partial charge in [0, 0.05) is 11.8 Å². The molecule has 0 spiro atoms. The van der Waals surface area contributed by atoms with Gasteiger partial charge in [-0.3, -0.25) is 0 Å². The second kappa shape index (κ2) is 5.33. The summed E-state index contributed by atoms with van der Waals surface area (Å²) in [5.74, 6) is 0.335. The van der Waals surface area contributed by atoms with E-state index >= 15 is 0 Å². The number of nitrogens with two attached hydrogens (primary N) is 1. The molecule has 0 unspecified atom stereocenters. The second-order valence-electron chi connectivity index (χ2n) is 3.69. The number of benzene rings is 1. The van der Waals surface area contributed by atoms with Crippen LogP contribution < -0.4 is 5.73 Å². The Bertz CT molecular complexity index is 579. The fraction of sp³-hybridized carbons (Fsp3) is 0.0833. The summed E-state index contributed by atoms with van der Waals surface area (Å²) in [5, 5.41) is 10.1. The Morgan fingerprint density at radius 3 is 2.28 bits per heavy atom. The molecule has 0 bridgehead atoms. The molecule has 0 aliphatic carbocycles. The van der Waals surface area contributed by atoms with Crippen LogP contribution in [-0.2, 0) is 6.61 Å². The molecule has 1 aromatic heterocycles. The largest absolute Gasteiger partial charge is 0.392 e. The number of nitrogen functional groups attached to an aromatic ring is 1. The summed E-state index contributed by atoms with van der Waals surface area (Å²) in [6.07, 6.45) is 1.51. The van der Waals surface area contributed by atoms with E-state index in [1.54, 1.807) is 18.2 Å². The molecule has 0 aliphatic rings. The van der Waals surface area contributed by atoms with Crippen LogP contribution in [0.3, 0.4) is 0 Å². The average Bonchev–Trinajstić information content (AvgIpc) is 2.36. The van der Waals surface area contributed by atoms with Gasteiger partial charge in [-0.05, 0) is 29.3 Å². The number of anilines is 1. The smallest absolute Gasteiger partial charge is 0.131 e. The number of hydrogen-bond acceptors (Lipinski definition) is 3. The van der Waals surface area contributed by atoms with Crippen molar-refractivity contribution in [2.75, 3.05) is 5.73 Å². The van der Waals surface area contributed by atoms with E-state index in [1.165, 1.54) is 6.20 Å². The minimum absolute atomic E-state index is 0.116. The third-order valence-corrected chi connectivity index (χ3v) is 3.65. The minimum Gasteiger partial charge on any atom is -0.392 e. The number of nitrogens with zero attached hydrogens (tertiary/aromatic N) is 1. The Morgan fingerprint density at radius 1 is 1.11 bits per heavy atom. The molecule has 1 aromatic carbocycles. The van der Waals surface area contributed by atoms with Crippen molar-refractivity contribution in [3.8, 4) is 11.1 Å². The van der Waals surface area contributed by atoms with Gasteiger partial charge in [0.15, 0.2) is 0 Å². The Labute approximate surface area is 119 Å². The van der Waals surface area contributed by atoms with Gasteiger partial charge in [0.05, 0.1) is 21.7 Å². The topological polar surface area (TPSA) is 59.1 Å². The normalized spacial score (nSPS) is 10.7. The summed E-state index contributed by atoms with van der Waals surface area (Å²) in [4.78, 5) is 4.01. The van der Waals surface area contributed by atoms with Crippen LogP contribution in [0.25, 0.3) is 11.1 Å². The van der Waals surface area contributed by atoms with Crippen LogP contribution in [0.5, 0.6) is 0 Å². The summed E-state index contributed by atoms with van der Waals surface area (Å²) in [6.45, 7) is -0.116. The maximum Gasteiger partial charge on any atom is 0.131 e. The molecule has 18 heavy (non-hydrogen) atoms. The molecule has 3 N–H and O–H groups in total. The maximum atomic E-state index is 9.10. The van der Waals surface area contributed by atoms with E-state index < -0.39 is 0 Å². The Morgan fingerprint density at radius 2 is 1.72 bits per heavy atom. The highest BCUT2D eigenvalue weighted by Gasteiger charge is 2.11. The van der Waals surface area contributed by atoms with Gasteiger partial charge < -0.3 is 10.8 Å². The van der Waals surface area contributed by atoms with Crippen LogP contribution in [0.4, 0.5) is 5.82 Å². The highest BCUT2D eigenvalue weighted by Crippen LogP contribution is 2.36. The molecule has 0 fully saturated rings. The number of halogens is 3. The first-order valence-corrected chi connectivity index (χ1v) is 6.16. The third-order valence-electron chi connectivity index (χ3n) is 2.45. The molecule has 3 nitrogen and oxygen atoms in total. The Hall–Kier alpha value is -1.000. The molecule has 0 atom stereocenters. The number of aliphatic hydroxyl groups is 1. The summed E-state index contributed by atoms with van der Waals surface area (Å²) in [7, 11) is 0. The van der Waals surface area contributed by atoms with Gasteiger partial charge in [0.2, 0.25) is 0 Å². The molecule has 0 amide bonds. The molecule has 0 aliphatic heterocycles. The lowest BCUT2D eigenvalue weighted by Crippen LogP contribution is -1.96. The molecule has 2 aromatic rings. The molecule has 0 saturated carbocycles. The number of aliphatic hydroxyl groups excluding tert-OH is 1. The van der Waals surface area contributed by atoms with Gasteiger partial charge >= 0.3 is 0 Å². The van der Waals surface area contributed by atoms with Crippen molar-refractivity contribution in [3.05, 3.63) is 45.0 Å². The Kier molecular flexibility index (Phi) is 3.97. The lowest BCUT2D eigenvalue weighted by atomic mass is 10.0. The number of pyridine rings is 1. The van der Waals surface area contributed by atoms with Gasteiger partial charge in [0.25, 0.3) is 0 Å². The van der Waals surface area contributed by atoms with Crippen LogP contribution in [0.15, 0.2) is 24.4 Å². The monoisotopic (exact) mass is 302 g/mol. The summed E-state index contributed by atoms with van der Waals surface area (Å²) in [5.41, 5.74) is 7.81. The molecule has 2 rings (SSSR count). The fourth-order valence-electron chi connectivity index (χ4n) is 1.55. The molecule has 94 valence electrons. The second-order valence-corrected chi connectivity index (χ2v) is 4.88. The third kappa shape index (κ3) is 2.54. The lowest BCUT2D eigenvalue weighted by Gasteiger charge is -2.09. The molecule has 0 radical (unpaired) electrons. The summed E-state index contributed by atoms with van der Waals surface area (Å²) >= 11 is 17.8. The number of hydrogen-bond donors (Lipinski definition) is 2. The van der Waals surface area contributed by atoms with Crippen molar-refractivity contribution >= 4 is 40.6 Å². The van der Waals surface area contributed by atoms with Crippen molar-refractivity contribution in [2.24, 2.45) is 0 Å². The first-order valence-electron chi connectivity index (χ1n) is 5.03. The SMILES string of the molecule is Nc1ncc(CO)cc1-c1cc(Cl)c(Cl)c(Cl)c1. The van der Waals surface area contributed by atoms with Crippen molar-refractivity contribution in [1.29, 1.82) is 0 Å². The molecular weight excluding hydrogens is 295 g/mol. The van der Waals surface area contributed by atoms with Gasteiger partial charge in [-0.15, -0.1) is 0 Å². The van der Waals surface area contributed by atoms with Gasteiger partial charge in [-0.25, -0.2) is 4.98 Å². The first-order chi connectivity index (χ1) is 8.52. The summed E-state index contributed by atoms with van der Waals surface area (Å²) in [6, 6.07) is 5.05. The van der Waals surface area contributed by atoms with E-state index in [4.69, 9.17) is 45.6 Å². The first kappa shape index (κ1) is 13.4. The molecule has 0 saturated heterocycles. The zero-order valence-corrected chi connectivity index (χ0v) is 11.4.